The first-order valence-electron chi connectivity index (χ1n) is 7.92. The molecule has 0 saturated heterocycles. The fourth-order valence-corrected chi connectivity index (χ4v) is 2.67. The van der Waals surface area contributed by atoms with Gasteiger partial charge in [0.1, 0.15) is 19.2 Å². The largest absolute Gasteiger partial charge is 0.457 e. The number of rotatable bonds is 4. The van der Waals surface area contributed by atoms with Gasteiger partial charge in [-0.25, -0.2) is 9.36 Å². The summed E-state index contributed by atoms with van der Waals surface area (Å²) in [6, 6.07) is 21.7. The molecule has 0 atom stereocenters. The summed E-state index contributed by atoms with van der Waals surface area (Å²) in [5, 5.41) is 0. The van der Waals surface area contributed by atoms with E-state index in [0.29, 0.717) is 5.56 Å². The predicted octanol–water partition coefficient (Wildman–Crippen LogP) is 3.84. The van der Waals surface area contributed by atoms with Crippen molar-refractivity contribution in [1.82, 2.24) is 0 Å². The lowest BCUT2D eigenvalue weighted by atomic mass is 10.0. The van der Waals surface area contributed by atoms with Gasteiger partial charge in [-0.1, -0.05) is 48.5 Å². The molecule has 0 aliphatic rings. The van der Waals surface area contributed by atoms with Crippen molar-refractivity contribution in [2.75, 3.05) is 0 Å². The zero-order valence-corrected chi connectivity index (χ0v) is 13.9. The van der Waals surface area contributed by atoms with E-state index in [9.17, 15) is 4.79 Å². The van der Waals surface area contributed by atoms with Crippen LogP contribution in [0.2, 0.25) is 0 Å². The Morgan fingerprint density at radius 1 is 0.958 bits per heavy atom. The second-order valence-electron chi connectivity index (χ2n) is 5.79. The van der Waals surface area contributed by atoms with Gasteiger partial charge < -0.3 is 4.74 Å². The van der Waals surface area contributed by atoms with Crippen LogP contribution in [0.25, 0.3) is 11.3 Å². The van der Waals surface area contributed by atoms with Gasteiger partial charge in [-0.2, -0.15) is 0 Å². The van der Waals surface area contributed by atoms with Crippen molar-refractivity contribution >= 4 is 5.97 Å². The lowest BCUT2D eigenvalue weighted by Crippen LogP contribution is -2.32. The maximum Gasteiger partial charge on any atom is 0.344 e. The van der Waals surface area contributed by atoms with Crippen molar-refractivity contribution < 1.29 is 14.1 Å². The van der Waals surface area contributed by atoms with Crippen LogP contribution in [0.15, 0.2) is 72.9 Å². The monoisotopic (exact) mass is 318 g/mol. The van der Waals surface area contributed by atoms with Crippen LogP contribution in [0.4, 0.5) is 0 Å². The van der Waals surface area contributed by atoms with Gasteiger partial charge in [0.25, 0.3) is 0 Å². The van der Waals surface area contributed by atoms with Crippen molar-refractivity contribution in [3.8, 4) is 11.3 Å². The number of nitrogens with zero attached hydrogens (tertiary/aromatic N) is 1. The molecule has 3 nitrogen and oxygen atoms in total. The molecule has 0 aliphatic carbocycles. The highest BCUT2D eigenvalue weighted by atomic mass is 16.5. The molecule has 3 rings (SSSR count). The molecular formula is C21H20NO2+. The number of ether oxygens (including phenoxy) is 1. The second kappa shape index (κ2) is 7.09. The molecule has 0 fully saturated rings. The molecule has 1 aromatic heterocycles. The molecule has 120 valence electrons. The van der Waals surface area contributed by atoms with E-state index in [-0.39, 0.29) is 12.6 Å². The maximum absolute atomic E-state index is 12.2. The third-order valence-electron chi connectivity index (χ3n) is 4.00. The summed E-state index contributed by atoms with van der Waals surface area (Å²) in [5.41, 5.74) is 4.95. The van der Waals surface area contributed by atoms with Crippen LogP contribution in [0.1, 0.15) is 21.5 Å². The van der Waals surface area contributed by atoms with Gasteiger partial charge in [-0.3, -0.25) is 0 Å². The summed E-state index contributed by atoms with van der Waals surface area (Å²) in [5.74, 6) is -0.314. The van der Waals surface area contributed by atoms with Crippen LogP contribution in [-0.4, -0.2) is 5.97 Å². The van der Waals surface area contributed by atoms with E-state index >= 15 is 0 Å². The molecule has 0 N–H and O–H groups in total. The SMILES string of the molecule is Cc1ccccc1-c1ccc(C(=O)OCc2ccccc2)c[n+]1C. The second-order valence-corrected chi connectivity index (χ2v) is 5.79. The maximum atomic E-state index is 12.2. The summed E-state index contributed by atoms with van der Waals surface area (Å²) < 4.78 is 7.35. The van der Waals surface area contributed by atoms with Crippen molar-refractivity contribution in [1.29, 1.82) is 0 Å². The predicted molar refractivity (Wildman–Crippen MR) is 93.4 cm³/mol. The quantitative estimate of drug-likeness (QED) is 0.540. The molecule has 0 unspecified atom stereocenters. The Bertz CT molecular complexity index is 857. The Morgan fingerprint density at radius 3 is 2.38 bits per heavy atom. The molecule has 1 heterocycles. The van der Waals surface area contributed by atoms with Crippen LogP contribution in [0.3, 0.4) is 0 Å². The first-order chi connectivity index (χ1) is 11.6. The molecular weight excluding hydrogens is 298 g/mol. The Labute approximate surface area is 142 Å². The minimum atomic E-state index is -0.314. The number of aryl methyl sites for hydroxylation is 2. The van der Waals surface area contributed by atoms with Gasteiger partial charge in [-0.05, 0) is 30.2 Å². The van der Waals surface area contributed by atoms with E-state index in [4.69, 9.17) is 4.74 Å². The highest BCUT2D eigenvalue weighted by Gasteiger charge is 2.16. The average Bonchev–Trinajstić information content (AvgIpc) is 2.61. The zero-order valence-electron chi connectivity index (χ0n) is 13.9. The summed E-state index contributed by atoms with van der Waals surface area (Å²) in [4.78, 5) is 12.2. The summed E-state index contributed by atoms with van der Waals surface area (Å²) >= 11 is 0. The van der Waals surface area contributed by atoms with E-state index in [2.05, 4.69) is 19.1 Å². The van der Waals surface area contributed by atoms with E-state index in [0.717, 1.165) is 16.8 Å². The van der Waals surface area contributed by atoms with E-state index < -0.39 is 0 Å². The molecule has 0 amide bonds. The summed E-state index contributed by atoms with van der Waals surface area (Å²) in [6.07, 6.45) is 1.81. The number of pyridine rings is 1. The Kier molecular flexibility index (Phi) is 4.71. The van der Waals surface area contributed by atoms with Gasteiger partial charge in [-0.15, -0.1) is 0 Å². The smallest absolute Gasteiger partial charge is 0.344 e. The van der Waals surface area contributed by atoms with Crippen molar-refractivity contribution in [2.24, 2.45) is 7.05 Å². The van der Waals surface area contributed by atoms with Gasteiger partial charge in [0.05, 0.1) is 0 Å². The van der Waals surface area contributed by atoms with Crippen LogP contribution in [0, 0.1) is 6.92 Å². The first kappa shape index (κ1) is 15.9. The fourth-order valence-electron chi connectivity index (χ4n) is 2.67. The number of esters is 1. The Balaban J connectivity index is 1.77. The molecule has 0 aliphatic heterocycles. The van der Waals surface area contributed by atoms with Gasteiger partial charge in [0.15, 0.2) is 6.20 Å². The van der Waals surface area contributed by atoms with E-state index in [1.165, 1.54) is 5.56 Å². The number of benzene rings is 2. The number of aromatic nitrogens is 1. The van der Waals surface area contributed by atoms with Crippen LogP contribution in [0.5, 0.6) is 0 Å². The third-order valence-corrected chi connectivity index (χ3v) is 4.00. The van der Waals surface area contributed by atoms with Crippen LogP contribution in [-0.2, 0) is 18.4 Å². The zero-order chi connectivity index (χ0) is 16.9. The first-order valence-corrected chi connectivity index (χ1v) is 7.92. The molecule has 0 radical (unpaired) electrons. The minimum absolute atomic E-state index is 0.281. The third kappa shape index (κ3) is 3.51. The van der Waals surface area contributed by atoms with E-state index in [1.807, 2.05) is 72.4 Å². The highest BCUT2D eigenvalue weighted by molar-refractivity contribution is 5.89. The lowest BCUT2D eigenvalue weighted by molar-refractivity contribution is -0.660. The molecule has 0 spiro atoms. The summed E-state index contributed by atoms with van der Waals surface area (Å²) in [7, 11) is 1.94. The lowest BCUT2D eigenvalue weighted by Gasteiger charge is -2.07. The molecule has 3 aromatic rings. The number of carbonyl (C=O) groups excluding carboxylic acids is 1. The summed E-state index contributed by atoms with van der Waals surface area (Å²) in [6.45, 7) is 2.36. The minimum Gasteiger partial charge on any atom is -0.457 e. The Hall–Kier alpha value is -2.94. The number of hydrogen-bond acceptors (Lipinski definition) is 2. The molecule has 0 saturated carbocycles. The van der Waals surface area contributed by atoms with Gasteiger partial charge in [0, 0.05) is 11.6 Å². The topological polar surface area (TPSA) is 30.2 Å². The molecule has 0 bridgehead atoms. The molecule has 24 heavy (non-hydrogen) atoms. The van der Waals surface area contributed by atoms with E-state index in [1.54, 1.807) is 0 Å². The standard InChI is InChI=1S/C21H20NO2/c1-16-8-6-7-11-19(16)20-13-12-18(14-22(20)2)21(23)24-15-17-9-4-3-5-10-17/h3-14H,15H2,1-2H3/q+1. The highest BCUT2D eigenvalue weighted by Crippen LogP contribution is 2.20. The number of hydrogen-bond donors (Lipinski definition) is 0. The molecule has 2 aromatic carbocycles. The van der Waals surface area contributed by atoms with Crippen molar-refractivity contribution in [2.45, 2.75) is 13.5 Å². The van der Waals surface area contributed by atoms with Gasteiger partial charge in [0.2, 0.25) is 5.69 Å². The van der Waals surface area contributed by atoms with Crippen LogP contribution >= 0.6 is 0 Å². The van der Waals surface area contributed by atoms with Crippen molar-refractivity contribution in [3.63, 3.8) is 0 Å². The number of carbonyl (C=O) groups is 1. The molecule has 3 heteroatoms. The Morgan fingerprint density at radius 2 is 1.67 bits per heavy atom. The fraction of sp³-hybridized carbons (Fsp3) is 0.143. The van der Waals surface area contributed by atoms with Gasteiger partial charge >= 0.3 is 5.97 Å². The van der Waals surface area contributed by atoms with Crippen molar-refractivity contribution in [3.05, 3.63) is 89.6 Å². The normalized spacial score (nSPS) is 10.4. The average molecular weight is 318 g/mol. The van der Waals surface area contributed by atoms with Crippen LogP contribution < -0.4 is 4.57 Å².